The van der Waals surface area contributed by atoms with Crippen LogP contribution in [0.15, 0.2) is 0 Å². The molecule has 0 radical (unpaired) electrons. The van der Waals surface area contributed by atoms with Crippen molar-refractivity contribution in [3.8, 4) is 0 Å². The number of carboxylic acids is 1. The van der Waals surface area contributed by atoms with Crippen LogP contribution in [0.25, 0.3) is 0 Å². The van der Waals surface area contributed by atoms with Crippen LogP contribution in [0, 0.1) is 5.41 Å². The SMILES string of the molecule is CCC1(C(=O)O)CCN(C(C)C(N)=O)CC1. The van der Waals surface area contributed by atoms with Crippen molar-refractivity contribution in [1.29, 1.82) is 0 Å². The number of primary amides is 1. The number of nitrogens with zero attached hydrogens (tertiary/aromatic N) is 1. The van der Waals surface area contributed by atoms with Crippen molar-refractivity contribution in [3.05, 3.63) is 0 Å². The summed E-state index contributed by atoms with van der Waals surface area (Å²) in [5.74, 6) is -1.07. The molecule has 16 heavy (non-hydrogen) atoms. The van der Waals surface area contributed by atoms with Crippen LogP contribution in [0.3, 0.4) is 0 Å². The number of carbonyl (C=O) groups excluding carboxylic acids is 1. The van der Waals surface area contributed by atoms with E-state index in [-0.39, 0.29) is 11.9 Å². The van der Waals surface area contributed by atoms with E-state index >= 15 is 0 Å². The zero-order valence-electron chi connectivity index (χ0n) is 9.90. The van der Waals surface area contributed by atoms with Gasteiger partial charge in [0, 0.05) is 13.1 Å². The molecule has 3 N–H and O–H groups in total. The Morgan fingerprint density at radius 1 is 1.44 bits per heavy atom. The minimum absolute atomic E-state index is 0.302. The Balaban J connectivity index is 2.63. The van der Waals surface area contributed by atoms with Crippen LogP contribution in [0.2, 0.25) is 0 Å². The highest BCUT2D eigenvalue weighted by molar-refractivity contribution is 5.79. The quantitative estimate of drug-likeness (QED) is 0.731. The summed E-state index contributed by atoms with van der Waals surface area (Å²) in [6.07, 6.45) is 1.83. The predicted octanol–water partition coefficient (Wildman–Crippen LogP) is 0.437. The van der Waals surface area contributed by atoms with Crippen molar-refractivity contribution in [2.45, 2.75) is 39.2 Å². The van der Waals surface area contributed by atoms with Gasteiger partial charge in [0.25, 0.3) is 0 Å². The average molecular weight is 228 g/mol. The van der Waals surface area contributed by atoms with Gasteiger partial charge in [0.05, 0.1) is 11.5 Å². The van der Waals surface area contributed by atoms with Gasteiger partial charge in [-0.15, -0.1) is 0 Å². The number of carboxylic acid groups (broad SMARTS) is 1. The number of likely N-dealkylation sites (tertiary alicyclic amines) is 1. The molecule has 0 bridgehead atoms. The van der Waals surface area contributed by atoms with Gasteiger partial charge in [-0.05, 0) is 26.2 Å². The molecular formula is C11H20N2O3. The fraction of sp³-hybridized carbons (Fsp3) is 0.818. The Kier molecular flexibility index (Phi) is 3.91. The monoisotopic (exact) mass is 228 g/mol. The number of nitrogens with two attached hydrogens (primary N) is 1. The number of amides is 1. The third kappa shape index (κ3) is 2.35. The second kappa shape index (κ2) is 4.82. The Morgan fingerprint density at radius 3 is 2.25 bits per heavy atom. The lowest BCUT2D eigenvalue weighted by Gasteiger charge is -2.40. The van der Waals surface area contributed by atoms with E-state index in [1.807, 2.05) is 11.8 Å². The molecule has 5 heteroatoms. The van der Waals surface area contributed by atoms with E-state index in [2.05, 4.69) is 0 Å². The molecule has 0 saturated carbocycles. The standard InChI is InChI=1S/C11H20N2O3/c1-3-11(10(15)16)4-6-13(7-5-11)8(2)9(12)14/h8H,3-7H2,1-2H3,(H2,12,14)(H,15,16). The molecule has 1 heterocycles. The van der Waals surface area contributed by atoms with Crippen LogP contribution in [0.4, 0.5) is 0 Å². The van der Waals surface area contributed by atoms with Gasteiger partial charge in [-0.25, -0.2) is 0 Å². The van der Waals surface area contributed by atoms with Crippen molar-refractivity contribution in [1.82, 2.24) is 4.90 Å². The van der Waals surface area contributed by atoms with Crippen LogP contribution in [0.1, 0.15) is 33.1 Å². The summed E-state index contributed by atoms with van der Waals surface area (Å²) in [5, 5.41) is 9.21. The zero-order chi connectivity index (χ0) is 12.3. The largest absolute Gasteiger partial charge is 0.481 e. The molecule has 0 aromatic carbocycles. The van der Waals surface area contributed by atoms with Gasteiger partial charge in [-0.3, -0.25) is 14.5 Å². The molecule has 92 valence electrons. The van der Waals surface area contributed by atoms with E-state index < -0.39 is 11.4 Å². The van der Waals surface area contributed by atoms with Crippen LogP contribution in [0.5, 0.6) is 0 Å². The van der Waals surface area contributed by atoms with Crippen LogP contribution in [-0.4, -0.2) is 41.0 Å². The van der Waals surface area contributed by atoms with Crippen LogP contribution < -0.4 is 5.73 Å². The smallest absolute Gasteiger partial charge is 0.309 e. The third-order valence-electron chi connectivity index (χ3n) is 3.85. The summed E-state index contributed by atoms with van der Waals surface area (Å²) in [7, 11) is 0. The van der Waals surface area contributed by atoms with Crippen molar-refractivity contribution >= 4 is 11.9 Å². The highest BCUT2D eigenvalue weighted by atomic mass is 16.4. The molecule has 1 unspecified atom stereocenters. The van der Waals surface area contributed by atoms with E-state index in [1.165, 1.54) is 0 Å². The fourth-order valence-corrected chi connectivity index (χ4v) is 2.24. The first-order valence-corrected chi connectivity index (χ1v) is 5.69. The summed E-state index contributed by atoms with van der Waals surface area (Å²) < 4.78 is 0. The summed E-state index contributed by atoms with van der Waals surface area (Å²) in [4.78, 5) is 24.2. The van der Waals surface area contributed by atoms with E-state index in [0.29, 0.717) is 32.4 Å². The Hall–Kier alpha value is -1.10. The van der Waals surface area contributed by atoms with Gasteiger partial charge in [-0.2, -0.15) is 0 Å². The Labute approximate surface area is 95.6 Å². The van der Waals surface area contributed by atoms with E-state index in [4.69, 9.17) is 5.73 Å². The number of hydrogen-bond acceptors (Lipinski definition) is 3. The normalized spacial score (nSPS) is 22.6. The Morgan fingerprint density at radius 2 is 1.94 bits per heavy atom. The highest BCUT2D eigenvalue weighted by Crippen LogP contribution is 2.35. The fourth-order valence-electron chi connectivity index (χ4n) is 2.24. The maximum Gasteiger partial charge on any atom is 0.309 e. The van der Waals surface area contributed by atoms with Crippen molar-refractivity contribution < 1.29 is 14.7 Å². The maximum atomic E-state index is 11.2. The molecule has 1 aliphatic rings. The van der Waals surface area contributed by atoms with E-state index in [9.17, 15) is 14.7 Å². The second-order valence-corrected chi connectivity index (χ2v) is 4.55. The minimum Gasteiger partial charge on any atom is -0.481 e. The summed E-state index contributed by atoms with van der Waals surface area (Å²) in [6, 6.07) is -0.302. The molecule has 1 rings (SSSR count). The van der Waals surface area contributed by atoms with Crippen molar-refractivity contribution in [2.75, 3.05) is 13.1 Å². The molecular weight excluding hydrogens is 208 g/mol. The molecule has 1 fully saturated rings. The lowest BCUT2D eigenvalue weighted by atomic mass is 9.76. The molecule has 1 aliphatic heterocycles. The first-order chi connectivity index (χ1) is 7.43. The number of hydrogen-bond donors (Lipinski definition) is 2. The van der Waals surface area contributed by atoms with Gasteiger partial charge >= 0.3 is 5.97 Å². The first-order valence-electron chi connectivity index (χ1n) is 5.69. The topological polar surface area (TPSA) is 83.6 Å². The van der Waals surface area contributed by atoms with E-state index in [0.717, 1.165) is 0 Å². The first kappa shape index (κ1) is 13.0. The molecule has 0 aliphatic carbocycles. The number of aliphatic carboxylic acids is 1. The number of rotatable bonds is 4. The van der Waals surface area contributed by atoms with Crippen LogP contribution in [-0.2, 0) is 9.59 Å². The van der Waals surface area contributed by atoms with Gasteiger partial charge in [0.2, 0.25) is 5.91 Å². The molecule has 1 atom stereocenters. The molecule has 0 spiro atoms. The molecule has 0 aromatic heterocycles. The van der Waals surface area contributed by atoms with Gasteiger partial charge < -0.3 is 10.8 Å². The predicted molar refractivity (Wildman–Crippen MR) is 59.8 cm³/mol. The Bertz CT molecular complexity index is 283. The number of carbonyl (C=O) groups is 2. The lowest BCUT2D eigenvalue weighted by molar-refractivity contribution is -0.152. The molecule has 5 nitrogen and oxygen atoms in total. The van der Waals surface area contributed by atoms with Gasteiger partial charge in [-0.1, -0.05) is 6.92 Å². The highest BCUT2D eigenvalue weighted by Gasteiger charge is 2.41. The van der Waals surface area contributed by atoms with Crippen molar-refractivity contribution in [3.63, 3.8) is 0 Å². The van der Waals surface area contributed by atoms with Gasteiger partial charge in [0.15, 0.2) is 0 Å². The average Bonchev–Trinajstić information content (AvgIpc) is 2.27. The zero-order valence-corrected chi connectivity index (χ0v) is 9.90. The lowest BCUT2D eigenvalue weighted by Crippen LogP contribution is -2.50. The molecule has 1 amide bonds. The minimum atomic E-state index is -0.721. The summed E-state index contributed by atoms with van der Waals surface area (Å²) in [5.41, 5.74) is 4.63. The van der Waals surface area contributed by atoms with Crippen LogP contribution >= 0.6 is 0 Å². The molecule has 0 aromatic rings. The summed E-state index contributed by atoms with van der Waals surface area (Å²) >= 11 is 0. The maximum absolute atomic E-state index is 11.2. The third-order valence-corrected chi connectivity index (χ3v) is 3.85. The van der Waals surface area contributed by atoms with Crippen molar-refractivity contribution in [2.24, 2.45) is 11.1 Å². The number of piperidine rings is 1. The molecule has 1 saturated heterocycles. The van der Waals surface area contributed by atoms with Gasteiger partial charge in [0.1, 0.15) is 0 Å². The summed E-state index contributed by atoms with van der Waals surface area (Å²) in [6.45, 7) is 4.93. The van der Waals surface area contributed by atoms with E-state index in [1.54, 1.807) is 6.92 Å². The second-order valence-electron chi connectivity index (χ2n) is 4.55.